The average Bonchev–Trinajstić information content (AvgIpc) is 1.65. The van der Waals surface area contributed by atoms with E-state index in [1.807, 2.05) is 0 Å². The van der Waals surface area contributed by atoms with Crippen LogP contribution in [0.2, 0.25) is 0 Å². The highest BCUT2D eigenvalue weighted by Crippen LogP contribution is 2.25. The molecule has 0 saturated heterocycles. The smallest absolute Gasteiger partial charge is 0.00680 e. The molecule has 0 aromatic rings. The molecule has 0 saturated carbocycles. The van der Waals surface area contributed by atoms with Crippen molar-refractivity contribution in [3.63, 3.8) is 0 Å². The third-order valence-corrected chi connectivity index (χ3v) is 2.72. The van der Waals surface area contributed by atoms with E-state index in [1.54, 1.807) is 0 Å². The van der Waals surface area contributed by atoms with Gasteiger partial charge < -0.3 is 7.57 Å². The van der Waals surface area contributed by atoms with Crippen LogP contribution in [0.1, 0.15) is 13.8 Å². The zero-order valence-electron chi connectivity index (χ0n) is 4.49. The standard InChI is InChI=1S/C4H11BP/c1-3-6(5)4-2/h6H,3-4H2,1-2H3. The normalized spacial score (nSPS) is 10.0. The number of hydrogen-bond acceptors (Lipinski definition) is 0. The van der Waals surface area contributed by atoms with Gasteiger partial charge in [0.25, 0.3) is 0 Å². The van der Waals surface area contributed by atoms with E-state index in [-0.39, 0.29) is 7.80 Å². The maximum Gasteiger partial charge on any atom is 0.00680 e. The fraction of sp³-hybridized carbons (Fsp3) is 1.00. The Balaban J connectivity index is 2.75. The molecule has 0 aliphatic rings. The van der Waals surface area contributed by atoms with Crippen molar-refractivity contribution in [2.45, 2.75) is 13.8 Å². The van der Waals surface area contributed by atoms with Crippen molar-refractivity contribution in [2.24, 2.45) is 0 Å². The van der Waals surface area contributed by atoms with Crippen LogP contribution in [0.15, 0.2) is 0 Å². The van der Waals surface area contributed by atoms with Crippen molar-refractivity contribution < 1.29 is 0 Å². The van der Waals surface area contributed by atoms with Crippen molar-refractivity contribution in [2.75, 3.05) is 12.3 Å². The third-order valence-electron chi connectivity index (χ3n) is 0.908. The maximum atomic E-state index is 5.57. The van der Waals surface area contributed by atoms with Gasteiger partial charge in [-0.2, -0.15) is 0 Å². The van der Waals surface area contributed by atoms with E-state index in [2.05, 4.69) is 13.8 Å². The fourth-order valence-corrected chi connectivity index (χ4v) is 0.750. The summed E-state index contributed by atoms with van der Waals surface area (Å²) < 4.78 is 0. The number of rotatable bonds is 2. The first-order chi connectivity index (χ1) is 2.81. The summed E-state index contributed by atoms with van der Waals surface area (Å²) in [5.74, 6) is 0. The van der Waals surface area contributed by atoms with Gasteiger partial charge >= 0.3 is 0 Å². The molecule has 0 rings (SSSR count). The highest BCUT2D eigenvalue weighted by molar-refractivity contribution is 7.82. The first-order valence-electron chi connectivity index (χ1n) is 2.41. The second-order valence-corrected chi connectivity index (χ2v) is 4.10. The van der Waals surface area contributed by atoms with Crippen molar-refractivity contribution in [3.05, 3.63) is 0 Å². The van der Waals surface area contributed by atoms with Gasteiger partial charge in [0.2, 0.25) is 0 Å². The first-order valence-corrected chi connectivity index (χ1v) is 4.40. The predicted molar refractivity (Wildman–Crippen MR) is 35.2 cm³/mol. The van der Waals surface area contributed by atoms with E-state index in [1.165, 1.54) is 12.3 Å². The highest BCUT2D eigenvalue weighted by atomic mass is 31.1. The van der Waals surface area contributed by atoms with Crippen molar-refractivity contribution in [3.8, 4) is 0 Å². The fourth-order valence-electron chi connectivity index (χ4n) is 0.250. The summed E-state index contributed by atoms with van der Waals surface area (Å²) in [4.78, 5) is 0. The highest BCUT2D eigenvalue weighted by Gasteiger charge is 1.81. The second kappa shape index (κ2) is 3.68. The van der Waals surface area contributed by atoms with E-state index >= 15 is 0 Å². The molecule has 0 unspecified atom stereocenters. The van der Waals surface area contributed by atoms with E-state index in [0.29, 0.717) is 0 Å². The van der Waals surface area contributed by atoms with E-state index in [9.17, 15) is 0 Å². The first kappa shape index (κ1) is 6.49. The monoisotopic (exact) mass is 101 g/mol. The minimum Gasteiger partial charge on any atom is -0.310 e. The van der Waals surface area contributed by atoms with Crippen LogP contribution in [0.25, 0.3) is 0 Å². The lowest BCUT2D eigenvalue weighted by Crippen LogP contribution is -1.77. The lowest BCUT2D eigenvalue weighted by molar-refractivity contribution is 1.44. The largest absolute Gasteiger partial charge is 0.310 e. The van der Waals surface area contributed by atoms with Crippen molar-refractivity contribution in [1.29, 1.82) is 0 Å². The van der Waals surface area contributed by atoms with Crippen molar-refractivity contribution >= 4 is 15.4 Å². The van der Waals surface area contributed by atoms with E-state index in [4.69, 9.17) is 7.57 Å². The van der Waals surface area contributed by atoms with Gasteiger partial charge in [-0.15, -0.1) is 0 Å². The minimum atomic E-state index is -0.368. The Morgan fingerprint density at radius 2 is 1.67 bits per heavy atom. The summed E-state index contributed by atoms with van der Waals surface area (Å²) in [7, 11) is 5.21. The Hall–Kier alpha value is 0.495. The van der Waals surface area contributed by atoms with Gasteiger partial charge in [0.1, 0.15) is 0 Å². The molecule has 6 heavy (non-hydrogen) atoms. The SMILES string of the molecule is [B-][PH+](CC)CC. The summed E-state index contributed by atoms with van der Waals surface area (Å²) in [6.45, 7) is 4.30. The molecule has 0 fully saturated rings. The molecule has 0 aromatic carbocycles. The molecule has 0 atom stereocenters. The molecule has 0 N–H and O–H groups in total. The van der Waals surface area contributed by atoms with Gasteiger partial charge in [0.05, 0.1) is 0 Å². The summed E-state index contributed by atoms with van der Waals surface area (Å²) >= 11 is 0. The summed E-state index contributed by atoms with van der Waals surface area (Å²) in [6, 6.07) is 0. The average molecular weight is 101 g/mol. The van der Waals surface area contributed by atoms with Gasteiger partial charge in [0, 0.05) is 12.3 Å². The minimum absolute atomic E-state index is 0.368. The topological polar surface area (TPSA) is 0 Å². The van der Waals surface area contributed by atoms with Gasteiger partial charge in [-0.1, -0.05) is 0 Å². The van der Waals surface area contributed by atoms with Gasteiger partial charge in [-0.25, -0.2) is 0 Å². The lowest BCUT2D eigenvalue weighted by atomic mass is 10.7. The molecule has 0 nitrogen and oxygen atoms in total. The van der Waals surface area contributed by atoms with Gasteiger partial charge in [-0.3, -0.25) is 7.80 Å². The van der Waals surface area contributed by atoms with Crippen LogP contribution in [0.3, 0.4) is 0 Å². The summed E-state index contributed by atoms with van der Waals surface area (Å²) in [5.41, 5.74) is 0. The molecule has 0 amide bonds. The van der Waals surface area contributed by atoms with Crippen LogP contribution in [0, 0.1) is 0 Å². The Morgan fingerprint density at radius 3 is 1.67 bits per heavy atom. The molecule has 0 aromatic heterocycles. The Labute approximate surface area is 42.4 Å². The van der Waals surface area contributed by atoms with Crippen LogP contribution < -0.4 is 0 Å². The molecule has 0 bridgehead atoms. The second-order valence-electron chi connectivity index (χ2n) is 1.37. The van der Waals surface area contributed by atoms with Gasteiger partial charge in [-0.05, 0) is 13.8 Å². The molecular formula is C4H11BP. The Kier molecular flexibility index (Phi) is 3.98. The third kappa shape index (κ3) is 2.72. The molecular weight excluding hydrogens is 89.8 g/mol. The molecule has 2 heteroatoms. The summed E-state index contributed by atoms with van der Waals surface area (Å²) in [5, 5.41) is 0. The van der Waals surface area contributed by atoms with Crippen LogP contribution in [-0.4, -0.2) is 19.9 Å². The predicted octanol–water partition coefficient (Wildman–Crippen LogP) is 1.32. The summed E-state index contributed by atoms with van der Waals surface area (Å²) in [6.07, 6.45) is 2.42. The number of hydrogen-bond donors (Lipinski definition) is 0. The van der Waals surface area contributed by atoms with E-state index in [0.717, 1.165) is 0 Å². The van der Waals surface area contributed by atoms with Gasteiger partial charge in [0.15, 0.2) is 0 Å². The molecule has 0 aliphatic heterocycles. The maximum absolute atomic E-state index is 5.57. The Bertz CT molecular complexity index is 26.7. The van der Waals surface area contributed by atoms with E-state index < -0.39 is 0 Å². The zero-order valence-corrected chi connectivity index (χ0v) is 5.49. The Morgan fingerprint density at radius 1 is 1.33 bits per heavy atom. The molecule has 0 heterocycles. The van der Waals surface area contributed by atoms with Crippen LogP contribution >= 0.6 is 7.80 Å². The molecule has 0 aliphatic carbocycles. The van der Waals surface area contributed by atoms with Crippen LogP contribution in [0.4, 0.5) is 0 Å². The van der Waals surface area contributed by atoms with Crippen molar-refractivity contribution in [1.82, 2.24) is 0 Å². The molecule has 35 valence electrons. The molecule has 0 spiro atoms. The quantitative estimate of drug-likeness (QED) is 0.363. The lowest BCUT2D eigenvalue weighted by Gasteiger charge is -2.08. The van der Waals surface area contributed by atoms with Crippen LogP contribution in [0.5, 0.6) is 0 Å². The zero-order chi connectivity index (χ0) is 4.99. The molecule has 3 radical (unpaired) electrons. The van der Waals surface area contributed by atoms with Crippen LogP contribution in [-0.2, 0) is 0 Å².